The van der Waals surface area contributed by atoms with E-state index in [4.69, 9.17) is 14.2 Å². The number of Topliss-reactive ketones (excluding diaryl/α,β-unsaturated/α-hetero) is 1. The zero-order valence-corrected chi connectivity index (χ0v) is 9.78. The van der Waals surface area contributed by atoms with Gasteiger partial charge in [0.2, 0.25) is 0 Å². The maximum Gasteiger partial charge on any atom is 0.188 e. The standard InChI is InChI=1S/C12H16O4/c1-9(13)12-10(7-14-2)5-4-6-11(12)16-8-15-3/h4-6H,7-8H2,1-3H3. The maximum atomic E-state index is 11.5. The molecule has 0 aliphatic heterocycles. The predicted molar refractivity (Wildman–Crippen MR) is 59.7 cm³/mol. The fraction of sp³-hybridized carbons (Fsp3) is 0.417. The number of benzene rings is 1. The molecule has 0 amide bonds. The molecule has 0 N–H and O–H groups in total. The van der Waals surface area contributed by atoms with Gasteiger partial charge in [-0.1, -0.05) is 12.1 Å². The van der Waals surface area contributed by atoms with Crippen LogP contribution in [0.5, 0.6) is 5.75 Å². The molecule has 16 heavy (non-hydrogen) atoms. The van der Waals surface area contributed by atoms with Crippen LogP contribution in [0.4, 0.5) is 0 Å². The SMILES string of the molecule is COCOc1cccc(COC)c1C(C)=O. The van der Waals surface area contributed by atoms with Crippen molar-refractivity contribution in [2.24, 2.45) is 0 Å². The molecule has 0 unspecified atom stereocenters. The van der Waals surface area contributed by atoms with Gasteiger partial charge in [0.1, 0.15) is 5.75 Å². The van der Waals surface area contributed by atoms with Crippen molar-refractivity contribution in [3.8, 4) is 5.75 Å². The van der Waals surface area contributed by atoms with Crippen molar-refractivity contribution < 1.29 is 19.0 Å². The average molecular weight is 224 g/mol. The van der Waals surface area contributed by atoms with E-state index in [9.17, 15) is 4.79 Å². The van der Waals surface area contributed by atoms with E-state index in [1.54, 1.807) is 13.2 Å². The van der Waals surface area contributed by atoms with Gasteiger partial charge in [-0.3, -0.25) is 4.79 Å². The summed E-state index contributed by atoms with van der Waals surface area (Å²) in [6, 6.07) is 5.42. The fourth-order valence-corrected chi connectivity index (χ4v) is 1.49. The first-order chi connectivity index (χ1) is 7.70. The van der Waals surface area contributed by atoms with Crippen LogP contribution in [0, 0.1) is 0 Å². The third-order valence-electron chi connectivity index (χ3n) is 2.10. The highest BCUT2D eigenvalue weighted by molar-refractivity contribution is 5.98. The summed E-state index contributed by atoms with van der Waals surface area (Å²) in [4.78, 5) is 11.5. The van der Waals surface area contributed by atoms with Gasteiger partial charge in [-0.25, -0.2) is 0 Å². The normalized spacial score (nSPS) is 10.2. The third-order valence-corrected chi connectivity index (χ3v) is 2.10. The molecule has 0 saturated carbocycles. The maximum absolute atomic E-state index is 11.5. The topological polar surface area (TPSA) is 44.8 Å². The predicted octanol–water partition coefficient (Wildman–Crippen LogP) is 2.02. The van der Waals surface area contributed by atoms with Crippen LogP contribution in [0.3, 0.4) is 0 Å². The molecule has 0 heterocycles. The van der Waals surface area contributed by atoms with Crippen molar-refractivity contribution in [1.29, 1.82) is 0 Å². The first-order valence-electron chi connectivity index (χ1n) is 4.94. The molecule has 0 spiro atoms. The summed E-state index contributed by atoms with van der Waals surface area (Å²) in [5, 5.41) is 0. The van der Waals surface area contributed by atoms with Crippen molar-refractivity contribution in [1.82, 2.24) is 0 Å². The average Bonchev–Trinajstić information content (AvgIpc) is 2.26. The van der Waals surface area contributed by atoms with Crippen LogP contribution < -0.4 is 4.74 Å². The second-order valence-electron chi connectivity index (χ2n) is 3.33. The van der Waals surface area contributed by atoms with E-state index in [2.05, 4.69) is 0 Å². The summed E-state index contributed by atoms with van der Waals surface area (Å²) in [5.41, 5.74) is 1.38. The van der Waals surface area contributed by atoms with Crippen LogP contribution in [0.1, 0.15) is 22.8 Å². The number of hydrogen-bond donors (Lipinski definition) is 0. The largest absolute Gasteiger partial charge is 0.467 e. The first-order valence-corrected chi connectivity index (χ1v) is 4.94. The number of methoxy groups -OCH3 is 2. The van der Waals surface area contributed by atoms with Gasteiger partial charge in [0.15, 0.2) is 12.6 Å². The Bertz CT molecular complexity index is 360. The number of ether oxygens (including phenoxy) is 3. The van der Waals surface area contributed by atoms with Crippen LogP contribution in [0.25, 0.3) is 0 Å². The number of carbonyl (C=O) groups excluding carboxylic acids is 1. The van der Waals surface area contributed by atoms with Crippen molar-refractivity contribution in [3.05, 3.63) is 29.3 Å². The van der Waals surface area contributed by atoms with E-state index in [1.165, 1.54) is 14.0 Å². The summed E-state index contributed by atoms with van der Waals surface area (Å²) in [5.74, 6) is 0.489. The van der Waals surface area contributed by atoms with Crippen LogP contribution >= 0.6 is 0 Å². The van der Waals surface area contributed by atoms with Gasteiger partial charge < -0.3 is 14.2 Å². The lowest BCUT2D eigenvalue weighted by atomic mass is 10.0. The van der Waals surface area contributed by atoms with E-state index in [0.29, 0.717) is 17.9 Å². The molecule has 0 radical (unpaired) electrons. The van der Waals surface area contributed by atoms with Gasteiger partial charge in [-0.05, 0) is 18.6 Å². The van der Waals surface area contributed by atoms with Gasteiger partial charge >= 0.3 is 0 Å². The Morgan fingerprint density at radius 1 is 1.25 bits per heavy atom. The molecule has 88 valence electrons. The Balaban J connectivity index is 3.05. The van der Waals surface area contributed by atoms with E-state index in [0.717, 1.165) is 5.56 Å². The summed E-state index contributed by atoms with van der Waals surface area (Å²) in [6.07, 6.45) is 0. The zero-order chi connectivity index (χ0) is 12.0. The van der Waals surface area contributed by atoms with E-state index < -0.39 is 0 Å². The van der Waals surface area contributed by atoms with Crippen molar-refractivity contribution >= 4 is 5.78 Å². The lowest BCUT2D eigenvalue weighted by Crippen LogP contribution is -2.07. The minimum absolute atomic E-state index is 0.0428. The molecule has 0 aromatic heterocycles. The zero-order valence-electron chi connectivity index (χ0n) is 9.78. The molecule has 4 heteroatoms. The van der Waals surface area contributed by atoms with Gasteiger partial charge in [0.05, 0.1) is 12.2 Å². The van der Waals surface area contributed by atoms with Crippen molar-refractivity contribution in [2.75, 3.05) is 21.0 Å². The smallest absolute Gasteiger partial charge is 0.188 e. The number of ketones is 1. The minimum atomic E-state index is -0.0428. The number of hydrogen-bond acceptors (Lipinski definition) is 4. The Hall–Kier alpha value is -1.39. The molecule has 0 aliphatic carbocycles. The lowest BCUT2D eigenvalue weighted by molar-refractivity contribution is 0.0500. The summed E-state index contributed by atoms with van der Waals surface area (Å²) in [6.45, 7) is 2.02. The molecule has 0 atom stereocenters. The van der Waals surface area contributed by atoms with E-state index >= 15 is 0 Å². The van der Waals surface area contributed by atoms with Gasteiger partial charge in [-0.2, -0.15) is 0 Å². The number of rotatable bonds is 6. The highest BCUT2D eigenvalue weighted by atomic mass is 16.7. The summed E-state index contributed by atoms with van der Waals surface area (Å²) < 4.78 is 15.2. The van der Waals surface area contributed by atoms with E-state index in [1.807, 2.05) is 12.1 Å². The van der Waals surface area contributed by atoms with Gasteiger partial charge in [-0.15, -0.1) is 0 Å². The lowest BCUT2D eigenvalue weighted by Gasteiger charge is -2.12. The van der Waals surface area contributed by atoms with Crippen LogP contribution in [-0.2, 0) is 16.1 Å². The monoisotopic (exact) mass is 224 g/mol. The Labute approximate surface area is 95.1 Å². The highest BCUT2D eigenvalue weighted by Crippen LogP contribution is 2.23. The van der Waals surface area contributed by atoms with Crippen LogP contribution in [0.15, 0.2) is 18.2 Å². The van der Waals surface area contributed by atoms with Crippen molar-refractivity contribution in [3.63, 3.8) is 0 Å². The minimum Gasteiger partial charge on any atom is -0.467 e. The summed E-state index contributed by atoms with van der Waals surface area (Å²) in [7, 11) is 3.12. The third kappa shape index (κ3) is 3.05. The van der Waals surface area contributed by atoms with Gasteiger partial charge in [0.25, 0.3) is 0 Å². The quantitative estimate of drug-likeness (QED) is 0.547. The molecule has 1 aromatic rings. The molecule has 4 nitrogen and oxygen atoms in total. The van der Waals surface area contributed by atoms with Crippen LogP contribution in [0.2, 0.25) is 0 Å². The second-order valence-corrected chi connectivity index (χ2v) is 3.33. The molecule has 0 fully saturated rings. The molecular weight excluding hydrogens is 208 g/mol. The summed E-state index contributed by atoms with van der Waals surface area (Å²) >= 11 is 0. The second kappa shape index (κ2) is 6.25. The molecule has 1 aromatic carbocycles. The molecule has 1 rings (SSSR count). The van der Waals surface area contributed by atoms with Crippen LogP contribution in [-0.4, -0.2) is 26.8 Å². The molecule has 0 aliphatic rings. The fourth-order valence-electron chi connectivity index (χ4n) is 1.49. The Morgan fingerprint density at radius 2 is 2.00 bits per heavy atom. The Morgan fingerprint density at radius 3 is 2.56 bits per heavy atom. The molecule has 0 bridgehead atoms. The van der Waals surface area contributed by atoms with Gasteiger partial charge in [0, 0.05) is 14.2 Å². The Kier molecular flexibility index (Phi) is 4.95. The molecular formula is C12H16O4. The first kappa shape index (κ1) is 12.7. The number of carbonyl (C=O) groups is 1. The van der Waals surface area contributed by atoms with E-state index in [-0.39, 0.29) is 12.6 Å². The van der Waals surface area contributed by atoms with Crippen molar-refractivity contribution in [2.45, 2.75) is 13.5 Å². The molecule has 0 saturated heterocycles. The highest BCUT2D eigenvalue weighted by Gasteiger charge is 2.13.